The number of hydrogen-bond acceptors (Lipinski definition) is 3. The Hall–Kier alpha value is -0.380. The smallest absolute Gasteiger partial charge is 0.315 e. The van der Waals surface area contributed by atoms with Crippen LogP contribution in [-0.4, -0.2) is 23.7 Å². The van der Waals surface area contributed by atoms with Crippen LogP contribution in [0.1, 0.15) is 13.8 Å². The Kier molecular flexibility index (Phi) is 4.33. The highest BCUT2D eigenvalue weighted by atomic mass is 79.9. The molecular weight excluding hydrogens is 212 g/mol. The van der Waals surface area contributed by atoms with Crippen molar-refractivity contribution in [1.29, 1.82) is 0 Å². The van der Waals surface area contributed by atoms with Gasteiger partial charge in [0.05, 0.1) is 11.9 Å². The lowest BCUT2D eigenvalue weighted by molar-refractivity contribution is -0.148. The number of carbonyl (C=O) groups is 2. The first-order chi connectivity index (χ1) is 5.00. The van der Waals surface area contributed by atoms with Gasteiger partial charge in [-0.3, -0.25) is 9.59 Å². The highest BCUT2D eigenvalue weighted by Gasteiger charge is 2.24. The van der Waals surface area contributed by atoms with Crippen molar-refractivity contribution in [1.82, 2.24) is 0 Å². The van der Waals surface area contributed by atoms with Crippen LogP contribution in [0.15, 0.2) is 0 Å². The van der Waals surface area contributed by atoms with Crippen LogP contribution in [-0.2, 0) is 14.3 Å². The van der Waals surface area contributed by atoms with Gasteiger partial charge in [0.1, 0.15) is 5.92 Å². The lowest BCUT2D eigenvalue weighted by Gasteiger charge is -2.08. The number of ether oxygens (including phenoxy) is 1. The van der Waals surface area contributed by atoms with Crippen LogP contribution in [0.3, 0.4) is 0 Å². The topological polar surface area (TPSA) is 43.4 Å². The molecule has 0 aliphatic heterocycles. The molecule has 0 rings (SSSR count). The van der Waals surface area contributed by atoms with Gasteiger partial charge in [-0.05, 0) is 13.8 Å². The van der Waals surface area contributed by atoms with Crippen LogP contribution in [0.4, 0.5) is 0 Å². The van der Waals surface area contributed by atoms with Gasteiger partial charge in [-0.15, -0.1) is 0 Å². The second-order valence-electron chi connectivity index (χ2n) is 2.26. The lowest BCUT2D eigenvalue weighted by Crippen LogP contribution is -2.27. The van der Waals surface area contributed by atoms with Crippen LogP contribution in [0.25, 0.3) is 0 Å². The Morgan fingerprint density at radius 2 is 1.82 bits per heavy atom. The largest absolute Gasteiger partial charge is 0.468 e. The monoisotopic (exact) mass is 222 g/mol. The third-order valence-corrected chi connectivity index (χ3v) is 1.82. The maximum atomic E-state index is 11.1. The van der Waals surface area contributed by atoms with E-state index in [1.807, 2.05) is 0 Å². The minimum atomic E-state index is -0.672. The molecule has 2 atom stereocenters. The van der Waals surface area contributed by atoms with Crippen LogP contribution in [0, 0.1) is 5.92 Å². The molecule has 4 heteroatoms. The zero-order chi connectivity index (χ0) is 9.02. The number of halogens is 1. The molecule has 0 aliphatic rings. The first-order valence-electron chi connectivity index (χ1n) is 3.26. The fourth-order valence-electron chi connectivity index (χ4n) is 0.637. The van der Waals surface area contributed by atoms with Gasteiger partial charge in [-0.2, -0.15) is 0 Å². The summed E-state index contributed by atoms with van der Waals surface area (Å²) < 4.78 is 4.40. The van der Waals surface area contributed by atoms with E-state index in [0.717, 1.165) is 0 Å². The molecule has 0 radical (unpaired) electrons. The quantitative estimate of drug-likeness (QED) is 0.409. The van der Waals surface area contributed by atoms with E-state index < -0.39 is 11.9 Å². The number of rotatable bonds is 3. The van der Waals surface area contributed by atoms with Gasteiger partial charge in [0.2, 0.25) is 0 Å². The maximum Gasteiger partial charge on any atom is 0.315 e. The molecule has 11 heavy (non-hydrogen) atoms. The summed E-state index contributed by atoms with van der Waals surface area (Å²) in [7, 11) is 1.27. The number of carbonyl (C=O) groups excluding carboxylic acids is 2. The summed E-state index contributed by atoms with van der Waals surface area (Å²) in [5.41, 5.74) is 0. The lowest BCUT2D eigenvalue weighted by atomic mass is 10.1. The van der Waals surface area contributed by atoms with Gasteiger partial charge in [-0.1, -0.05) is 15.9 Å². The summed E-state index contributed by atoms with van der Waals surface area (Å²) in [6.45, 7) is 3.22. The second-order valence-corrected chi connectivity index (χ2v) is 3.64. The standard InChI is InChI=1S/C7H11BrO3/c1-4(7(10)11-3)6(9)5(2)8/h4-5H,1-3H3/t4-,5-/m1/s1. The summed E-state index contributed by atoms with van der Waals surface area (Å²) in [4.78, 5) is 21.6. The number of ketones is 1. The number of alkyl halides is 1. The van der Waals surface area contributed by atoms with Crippen molar-refractivity contribution in [2.24, 2.45) is 5.92 Å². The zero-order valence-electron chi connectivity index (χ0n) is 6.76. The first-order valence-corrected chi connectivity index (χ1v) is 4.18. The second kappa shape index (κ2) is 4.49. The predicted octanol–water partition coefficient (Wildman–Crippen LogP) is 1.15. The van der Waals surface area contributed by atoms with Gasteiger partial charge >= 0.3 is 5.97 Å². The van der Waals surface area contributed by atoms with Gasteiger partial charge in [-0.25, -0.2) is 0 Å². The van der Waals surface area contributed by atoms with Crippen molar-refractivity contribution in [2.75, 3.05) is 7.11 Å². The van der Waals surface area contributed by atoms with E-state index in [0.29, 0.717) is 0 Å². The maximum absolute atomic E-state index is 11.1. The molecule has 0 saturated heterocycles. The summed E-state index contributed by atoms with van der Waals surface area (Å²) in [6, 6.07) is 0. The number of esters is 1. The fourth-order valence-corrected chi connectivity index (χ4v) is 1.03. The molecule has 0 heterocycles. The van der Waals surface area contributed by atoms with Crippen LogP contribution >= 0.6 is 15.9 Å². The Morgan fingerprint density at radius 1 is 1.36 bits per heavy atom. The van der Waals surface area contributed by atoms with Crippen molar-refractivity contribution in [3.63, 3.8) is 0 Å². The van der Waals surface area contributed by atoms with Crippen molar-refractivity contribution in [3.05, 3.63) is 0 Å². The Bertz CT molecular complexity index is 165. The van der Waals surface area contributed by atoms with Crippen molar-refractivity contribution < 1.29 is 14.3 Å². The van der Waals surface area contributed by atoms with Gasteiger partial charge in [0.25, 0.3) is 0 Å². The molecule has 0 fully saturated rings. The normalized spacial score (nSPS) is 15.3. The van der Waals surface area contributed by atoms with Crippen molar-refractivity contribution >= 4 is 27.7 Å². The van der Waals surface area contributed by atoms with E-state index in [1.54, 1.807) is 6.92 Å². The van der Waals surface area contributed by atoms with E-state index in [4.69, 9.17) is 0 Å². The van der Waals surface area contributed by atoms with E-state index in [1.165, 1.54) is 14.0 Å². The predicted molar refractivity (Wildman–Crippen MR) is 44.6 cm³/mol. The zero-order valence-corrected chi connectivity index (χ0v) is 8.34. The average Bonchev–Trinajstić information content (AvgIpc) is 2.00. The van der Waals surface area contributed by atoms with E-state index >= 15 is 0 Å². The summed E-state index contributed by atoms with van der Waals surface area (Å²) in [5, 5.41) is 0. The molecule has 0 unspecified atom stereocenters. The van der Waals surface area contributed by atoms with Crippen molar-refractivity contribution in [3.8, 4) is 0 Å². The van der Waals surface area contributed by atoms with E-state index in [-0.39, 0.29) is 10.6 Å². The number of hydrogen-bond donors (Lipinski definition) is 0. The molecular formula is C7H11BrO3. The Balaban J connectivity index is 4.13. The molecule has 0 aromatic heterocycles. The molecule has 0 aliphatic carbocycles. The third kappa shape index (κ3) is 3.01. The summed E-state index contributed by atoms with van der Waals surface area (Å²) in [5.74, 6) is -1.31. The molecule has 0 amide bonds. The summed E-state index contributed by atoms with van der Waals surface area (Å²) in [6.07, 6.45) is 0. The van der Waals surface area contributed by atoms with Gasteiger partial charge in [0, 0.05) is 0 Å². The molecule has 0 saturated carbocycles. The van der Waals surface area contributed by atoms with Crippen LogP contribution in [0.5, 0.6) is 0 Å². The molecule has 64 valence electrons. The summed E-state index contributed by atoms with van der Waals surface area (Å²) >= 11 is 3.08. The van der Waals surface area contributed by atoms with E-state index in [2.05, 4.69) is 20.7 Å². The molecule has 0 aromatic rings. The van der Waals surface area contributed by atoms with Gasteiger partial charge in [0.15, 0.2) is 5.78 Å². The van der Waals surface area contributed by atoms with E-state index in [9.17, 15) is 9.59 Å². The Morgan fingerprint density at radius 3 is 2.09 bits per heavy atom. The first kappa shape index (κ1) is 10.6. The molecule has 0 aromatic carbocycles. The minimum Gasteiger partial charge on any atom is -0.468 e. The number of methoxy groups -OCH3 is 1. The fraction of sp³-hybridized carbons (Fsp3) is 0.714. The highest BCUT2D eigenvalue weighted by Crippen LogP contribution is 2.09. The molecule has 0 spiro atoms. The molecule has 0 bridgehead atoms. The Labute approximate surface area is 74.2 Å². The third-order valence-electron chi connectivity index (χ3n) is 1.37. The molecule has 3 nitrogen and oxygen atoms in total. The SMILES string of the molecule is COC(=O)[C@H](C)C(=O)[C@@H](C)Br. The van der Waals surface area contributed by atoms with Crippen LogP contribution in [0.2, 0.25) is 0 Å². The number of Topliss-reactive ketones (excluding diaryl/α,β-unsaturated/α-hetero) is 1. The minimum absolute atomic E-state index is 0.156. The molecule has 0 N–H and O–H groups in total. The highest BCUT2D eigenvalue weighted by molar-refractivity contribution is 9.10. The average molecular weight is 223 g/mol. The van der Waals surface area contributed by atoms with Gasteiger partial charge < -0.3 is 4.74 Å². The van der Waals surface area contributed by atoms with Crippen molar-refractivity contribution in [2.45, 2.75) is 18.7 Å². The van der Waals surface area contributed by atoms with Crippen LogP contribution < -0.4 is 0 Å².